The van der Waals surface area contributed by atoms with E-state index in [1.807, 2.05) is 26.8 Å². The predicted molar refractivity (Wildman–Crippen MR) is 68.3 cm³/mol. The van der Waals surface area contributed by atoms with Crippen molar-refractivity contribution in [2.45, 2.75) is 45.7 Å². The predicted octanol–water partition coefficient (Wildman–Crippen LogP) is 1.52. The fraction of sp³-hybridized carbons (Fsp3) is 0.538. The van der Waals surface area contributed by atoms with Crippen LogP contribution in [-0.4, -0.2) is 16.4 Å². The van der Waals surface area contributed by atoms with Gasteiger partial charge in [0.2, 0.25) is 5.91 Å². The zero-order valence-electron chi connectivity index (χ0n) is 10.8. The lowest BCUT2D eigenvalue weighted by Crippen LogP contribution is -2.52. The summed E-state index contributed by atoms with van der Waals surface area (Å²) in [5.41, 5.74) is 7.41. The number of hydrogen-bond donors (Lipinski definition) is 2. The van der Waals surface area contributed by atoms with E-state index < -0.39 is 5.54 Å². The van der Waals surface area contributed by atoms with Gasteiger partial charge in [-0.05, 0) is 37.0 Å². The molecule has 3 N–H and O–H groups in total. The molecule has 1 heterocycles. The second-order valence-electron chi connectivity index (χ2n) is 4.35. The fourth-order valence-electron chi connectivity index (χ4n) is 1.62. The SMILES string of the molecule is CCC(N)(CC)C(=O)NCc1ccncc1C. The Morgan fingerprint density at radius 3 is 2.65 bits per heavy atom. The van der Waals surface area contributed by atoms with E-state index in [1.54, 1.807) is 12.4 Å². The number of carbonyl (C=O) groups is 1. The molecule has 0 fully saturated rings. The molecule has 1 aromatic heterocycles. The normalized spacial score (nSPS) is 11.3. The molecule has 0 aromatic carbocycles. The van der Waals surface area contributed by atoms with Crippen molar-refractivity contribution in [1.82, 2.24) is 10.3 Å². The largest absolute Gasteiger partial charge is 0.350 e. The minimum absolute atomic E-state index is 0.0845. The third kappa shape index (κ3) is 3.27. The number of aromatic nitrogens is 1. The van der Waals surface area contributed by atoms with E-state index in [9.17, 15) is 4.79 Å². The van der Waals surface area contributed by atoms with Gasteiger partial charge >= 0.3 is 0 Å². The van der Waals surface area contributed by atoms with Crippen LogP contribution in [0.3, 0.4) is 0 Å². The number of pyridine rings is 1. The summed E-state index contributed by atoms with van der Waals surface area (Å²) < 4.78 is 0. The minimum Gasteiger partial charge on any atom is -0.350 e. The lowest BCUT2D eigenvalue weighted by atomic mass is 9.93. The molecule has 1 aromatic rings. The van der Waals surface area contributed by atoms with E-state index in [0.29, 0.717) is 19.4 Å². The number of amides is 1. The van der Waals surface area contributed by atoms with E-state index in [-0.39, 0.29) is 5.91 Å². The first kappa shape index (κ1) is 13.6. The average Bonchev–Trinajstić information content (AvgIpc) is 2.36. The Labute approximate surface area is 103 Å². The molecular weight excluding hydrogens is 214 g/mol. The van der Waals surface area contributed by atoms with Crippen LogP contribution in [0.1, 0.15) is 37.8 Å². The molecule has 0 aliphatic rings. The molecule has 0 saturated carbocycles. The van der Waals surface area contributed by atoms with Gasteiger partial charge in [0.05, 0.1) is 5.54 Å². The molecule has 0 spiro atoms. The van der Waals surface area contributed by atoms with Crippen molar-refractivity contribution in [3.05, 3.63) is 29.6 Å². The lowest BCUT2D eigenvalue weighted by Gasteiger charge is -2.25. The monoisotopic (exact) mass is 235 g/mol. The number of aryl methyl sites for hydroxylation is 1. The number of nitrogens with one attached hydrogen (secondary N) is 1. The van der Waals surface area contributed by atoms with Crippen LogP contribution in [-0.2, 0) is 11.3 Å². The summed E-state index contributed by atoms with van der Waals surface area (Å²) in [6.07, 6.45) is 4.80. The van der Waals surface area contributed by atoms with Crippen molar-refractivity contribution in [2.24, 2.45) is 5.73 Å². The third-order valence-electron chi connectivity index (χ3n) is 3.29. The van der Waals surface area contributed by atoms with Gasteiger partial charge in [0.25, 0.3) is 0 Å². The van der Waals surface area contributed by atoms with E-state index in [4.69, 9.17) is 5.73 Å². The molecule has 17 heavy (non-hydrogen) atoms. The molecule has 0 radical (unpaired) electrons. The smallest absolute Gasteiger partial charge is 0.240 e. The van der Waals surface area contributed by atoms with Gasteiger partial charge < -0.3 is 11.1 Å². The number of nitrogens with zero attached hydrogens (tertiary/aromatic N) is 1. The van der Waals surface area contributed by atoms with Gasteiger partial charge in [-0.15, -0.1) is 0 Å². The van der Waals surface area contributed by atoms with Crippen LogP contribution in [0.15, 0.2) is 18.5 Å². The number of nitrogens with two attached hydrogens (primary N) is 1. The second kappa shape index (κ2) is 5.77. The highest BCUT2D eigenvalue weighted by molar-refractivity contribution is 5.85. The molecule has 0 bridgehead atoms. The summed E-state index contributed by atoms with van der Waals surface area (Å²) in [5.74, 6) is -0.0845. The quantitative estimate of drug-likeness (QED) is 0.813. The van der Waals surface area contributed by atoms with Gasteiger partial charge in [0.15, 0.2) is 0 Å². The summed E-state index contributed by atoms with van der Waals surface area (Å²) in [7, 11) is 0. The number of hydrogen-bond acceptors (Lipinski definition) is 3. The van der Waals surface area contributed by atoms with Gasteiger partial charge in [-0.25, -0.2) is 0 Å². The van der Waals surface area contributed by atoms with E-state index in [0.717, 1.165) is 11.1 Å². The zero-order chi connectivity index (χ0) is 12.9. The first-order valence-electron chi connectivity index (χ1n) is 6.00. The van der Waals surface area contributed by atoms with Crippen LogP contribution in [0, 0.1) is 6.92 Å². The molecule has 94 valence electrons. The minimum atomic E-state index is -0.749. The highest BCUT2D eigenvalue weighted by Gasteiger charge is 2.29. The van der Waals surface area contributed by atoms with Gasteiger partial charge in [0.1, 0.15) is 0 Å². The molecule has 4 nitrogen and oxygen atoms in total. The highest BCUT2D eigenvalue weighted by Crippen LogP contribution is 2.12. The van der Waals surface area contributed by atoms with E-state index in [2.05, 4.69) is 10.3 Å². The Morgan fingerprint density at radius 2 is 2.12 bits per heavy atom. The van der Waals surface area contributed by atoms with Crippen molar-refractivity contribution >= 4 is 5.91 Å². The summed E-state index contributed by atoms with van der Waals surface area (Å²) in [5, 5.41) is 2.89. The van der Waals surface area contributed by atoms with Gasteiger partial charge in [-0.2, -0.15) is 0 Å². The van der Waals surface area contributed by atoms with Crippen LogP contribution >= 0.6 is 0 Å². The molecular formula is C13H21N3O. The first-order valence-corrected chi connectivity index (χ1v) is 6.00. The third-order valence-corrected chi connectivity index (χ3v) is 3.29. The van der Waals surface area contributed by atoms with Gasteiger partial charge in [-0.3, -0.25) is 9.78 Å². The molecule has 0 atom stereocenters. The zero-order valence-corrected chi connectivity index (χ0v) is 10.8. The standard InChI is InChI=1S/C13H21N3O/c1-4-13(14,5-2)12(17)16-9-11-6-7-15-8-10(11)3/h6-8H,4-5,9,14H2,1-3H3,(H,16,17). The van der Waals surface area contributed by atoms with Crippen molar-refractivity contribution < 1.29 is 4.79 Å². The van der Waals surface area contributed by atoms with E-state index >= 15 is 0 Å². The second-order valence-corrected chi connectivity index (χ2v) is 4.35. The van der Waals surface area contributed by atoms with Gasteiger partial charge in [-0.1, -0.05) is 13.8 Å². The summed E-state index contributed by atoms with van der Waals surface area (Å²) in [6.45, 7) is 6.34. The summed E-state index contributed by atoms with van der Waals surface area (Å²) in [6, 6.07) is 1.91. The van der Waals surface area contributed by atoms with Crippen LogP contribution in [0.4, 0.5) is 0 Å². The highest BCUT2D eigenvalue weighted by atomic mass is 16.2. The van der Waals surface area contributed by atoms with E-state index in [1.165, 1.54) is 0 Å². The first-order chi connectivity index (χ1) is 8.03. The Hall–Kier alpha value is -1.42. The summed E-state index contributed by atoms with van der Waals surface area (Å²) >= 11 is 0. The van der Waals surface area contributed by atoms with Crippen LogP contribution in [0.5, 0.6) is 0 Å². The molecule has 1 amide bonds. The van der Waals surface area contributed by atoms with Crippen LogP contribution < -0.4 is 11.1 Å². The molecule has 1 rings (SSSR count). The molecule has 0 aliphatic carbocycles. The Kier molecular flexibility index (Phi) is 4.63. The fourth-order valence-corrected chi connectivity index (χ4v) is 1.62. The average molecular weight is 235 g/mol. The van der Waals surface area contributed by atoms with Crippen molar-refractivity contribution in [3.8, 4) is 0 Å². The Morgan fingerprint density at radius 1 is 1.47 bits per heavy atom. The van der Waals surface area contributed by atoms with Crippen molar-refractivity contribution in [2.75, 3.05) is 0 Å². The van der Waals surface area contributed by atoms with Crippen LogP contribution in [0.25, 0.3) is 0 Å². The molecule has 0 aliphatic heterocycles. The molecule has 0 saturated heterocycles. The maximum absolute atomic E-state index is 12.0. The lowest BCUT2D eigenvalue weighted by molar-refractivity contribution is -0.126. The molecule has 0 unspecified atom stereocenters. The maximum Gasteiger partial charge on any atom is 0.240 e. The van der Waals surface area contributed by atoms with Crippen LogP contribution in [0.2, 0.25) is 0 Å². The topological polar surface area (TPSA) is 68.0 Å². The Balaban J connectivity index is 2.63. The number of carbonyl (C=O) groups excluding carboxylic acids is 1. The maximum atomic E-state index is 12.0. The van der Waals surface area contributed by atoms with Crippen molar-refractivity contribution in [3.63, 3.8) is 0 Å². The Bertz CT molecular complexity index is 386. The molecule has 4 heteroatoms. The van der Waals surface area contributed by atoms with Gasteiger partial charge in [0, 0.05) is 18.9 Å². The number of rotatable bonds is 5. The van der Waals surface area contributed by atoms with Crippen molar-refractivity contribution in [1.29, 1.82) is 0 Å². The summed E-state index contributed by atoms with van der Waals surface area (Å²) in [4.78, 5) is 16.0.